The molecule has 0 aromatic carbocycles. The summed E-state index contributed by atoms with van der Waals surface area (Å²) in [6.45, 7) is 3.97. The Hall–Kier alpha value is -4.84. The van der Waals surface area contributed by atoms with Crippen LogP contribution in [0.1, 0.15) is 21.9 Å². The highest BCUT2D eigenvalue weighted by Gasteiger charge is 2.26. The van der Waals surface area contributed by atoms with E-state index in [-0.39, 0.29) is 23.9 Å². The average molecular weight is 511 g/mol. The minimum absolute atomic E-state index is 0.00788. The van der Waals surface area contributed by atoms with Crippen LogP contribution in [0.2, 0.25) is 0 Å². The van der Waals surface area contributed by atoms with Gasteiger partial charge in [-0.3, -0.25) is 4.79 Å². The number of pyridine rings is 2. The van der Waals surface area contributed by atoms with Crippen molar-refractivity contribution in [2.24, 2.45) is 0 Å². The monoisotopic (exact) mass is 510 g/mol. The summed E-state index contributed by atoms with van der Waals surface area (Å²) < 4.78 is 7.42. The standard InChI is InChI=1S/C26H26N10O2/c1-15-10-30-19-7-6-16(12-36(15)19)21-22(26-29-8-9-38-26)34-24(27)23(33-21)25(37)31-11-17-4-3-5-20(32-17)35-13-18(14-35)28-2/h3-10,12,18,28H,11,13-14H2,1-2H3,(H2,27,34)(H,31,37). The first-order valence-electron chi connectivity index (χ1n) is 12.2. The van der Waals surface area contributed by atoms with Gasteiger partial charge in [-0.25, -0.2) is 24.9 Å². The van der Waals surface area contributed by atoms with Gasteiger partial charge in [0, 0.05) is 42.8 Å². The van der Waals surface area contributed by atoms with Crippen molar-refractivity contribution in [3.63, 3.8) is 0 Å². The summed E-state index contributed by atoms with van der Waals surface area (Å²) in [7, 11) is 1.95. The molecule has 0 unspecified atom stereocenters. The molecule has 1 fully saturated rings. The third-order valence-electron chi connectivity index (χ3n) is 6.57. The summed E-state index contributed by atoms with van der Waals surface area (Å²) in [5, 5.41) is 6.13. The average Bonchev–Trinajstić information content (AvgIpc) is 3.57. The number of fused-ring (bicyclic) bond motifs is 1. The van der Waals surface area contributed by atoms with Crippen LogP contribution in [0.4, 0.5) is 11.6 Å². The normalized spacial score (nSPS) is 13.6. The van der Waals surface area contributed by atoms with Crippen LogP contribution >= 0.6 is 0 Å². The molecule has 38 heavy (non-hydrogen) atoms. The molecule has 5 aromatic rings. The Morgan fingerprint density at radius 3 is 2.79 bits per heavy atom. The zero-order chi connectivity index (χ0) is 26.2. The molecule has 1 aliphatic heterocycles. The van der Waals surface area contributed by atoms with Gasteiger partial charge >= 0.3 is 0 Å². The Morgan fingerprint density at radius 1 is 1.13 bits per heavy atom. The van der Waals surface area contributed by atoms with E-state index in [1.54, 1.807) is 6.20 Å². The minimum atomic E-state index is -0.457. The summed E-state index contributed by atoms with van der Waals surface area (Å²) >= 11 is 0. The van der Waals surface area contributed by atoms with Gasteiger partial charge in [0.25, 0.3) is 5.91 Å². The first-order chi connectivity index (χ1) is 18.5. The van der Waals surface area contributed by atoms with E-state index in [1.165, 1.54) is 12.5 Å². The maximum atomic E-state index is 13.2. The number of oxazole rings is 1. The Morgan fingerprint density at radius 2 is 2.00 bits per heavy atom. The van der Waals surface area contributed by atoms with E-state index < -0.39 is 5.91 Å². The fourth-order valence-corrected chi connectivity index (χ4v) is 4.39. The molecule has 0 aliphatic carbocycles. The van der Waals surface area contributed by atoms with E-state index in [9.17, 15) is 4.79 Å². The van der Waals surface area contributed by atoms with Gasteiger partial charge in [0.1, 0.15) is 23.4 Å². The maximum Gasteiger partial charge on any atom is 0.274 e. The van der Waals surface area contributed by atoms with Crippen LogP contribution in [0, 0.1) is 6.92 Å². The minimum Gasteiger partial charge on any atom is -0.443 e. The predicted molar refractivity (Wildman–Crippen MR) is 141 cm³/mol. The highest BCUT2D eigenvalue weighted by molar-refractivity contribution is 5.97. The Labute approximate surface area is 218 Å². The molecule has 12 heteroatoms. The Bertz CT molecular complexity index is 1620. The Kier molecular flexibility index (Phi) is 5.92. The molecule has 12 nitrogen and oxygen atoms in total. The summed E-state index contributed by atoms with van der Waals surface area (Å²) in [5.41, 5.74) is 10.2. The largest absolute Gasteiger partial charge is 0.443 e. The quantitative estimate of drug-likeness (QED) is 0.297. The lowest BCUT2D eigenvalue weighted by Crippen LogP contribution is -2.57. The maximum absolute atomic E-state index is 13.2. The second-order valence-electron chi connectivity index (χ2n) is 9.10. The molecule has 0 bridgehead atoms. The molecule has 0 radical (unpaired) electrons. The number of aromatic nitrogens is 6. The second kappa shape index (κ2) is 9.56. The van der Waals surface area contributed by atoms with Gasteiger partial charge in [0.05, 0.1) is 18.4 Å². The number of likely N-dealkylation sites (N-methyl/N-ethyl adjacent to an activating group) is 1. The molecule has 0 saturated carbocycles. The highest BCUT2D eigenvalue weighted by atomic mass is 16.3. The van der Waals surface area contributed by atoms with E-state index in [0.717, 1.165) is 35.9 Å². The topological polar surface area (TPSA) is 152 Å². The number of nitrogen functional groups attached to an aromatic ring is 1. The molecule has 6 heterocycles. The van der Waals surface area contributed by atoms with E-state index in [2.05, 4.69) is 40.5 Å². The van der Waals surface area contributed by atoms with Gasteiger partial charge < -0.3 is 30.1 Å². The first kappa shape index (κ1) is 23.6. The molecule has 4 N–H and O–H groups in total. The van der Waals surface area contributed by atoms with E-state index in [0.29, 0.717) is 23.0 Å². The molecule has 0 spiro atoms. The predicted octanol–water partition coefficient (Wildman–Crippen LogP) is 2.07. The van der Waals surface area contributed by atoms with E-state index in [1.807, 2.05) is 54.9 Å². The van der Waals surface area contributed by atoms with E-state index >= 15 is 0 Å². The fraction of sp³-hybridized carbons (Fsp3) is 0.231. The zero-order valence-corrected chi connectivity index (χ0v) is 20.9. The highest BCUT2D eigenvalue weighted by Crippen LogP contribution is 2.30. The van der Waals surface area contributed by atoms with E-state index in [4.69, 9.17) is 10.2 Å². The SMILES string of the molecule is CNC1CN(c2cccc(CNC(=O)c3nc(-c4ccc5ncc(C)n5c4)c(-c4ncco4)nc3N)n2)C1. The lowest BCUT2D eigenvalue weighted by atomic mass is 10.1. The number of hydrogen-bond acceptors (Lipinski definition) is 10. The molecular weight excluding hydrogens is 484 g/mol. The number of hydrogen-bond donors (Lipinski definition) is 3. The second-order valence-corrected chi connectivity index (χ2v) is 9.10. The van der Waals surface area contributed by atoms with Crippen LogP contribution in [-0.4, -0.2) is 61.4 Å². The zero-order valence-electron chi connectivity index (χ0n) is 20.9. The number of rotatable bonds is 7. The smallest absolute Gasteiger partial charge is 0.274 e. The van der Waals surface area contributed by atoms with Crippen molar-refractivity contribution in [2.75, 3.05) is 30.8 Å². The van der Waals surface area contributed by atoms with Crippen molar-refractivity contribution in [2.45, 2.75) is 19.5 Å². The summed E-state index contributed by atoms with van der Waals surface area (Å²) in [6, 6.07) is 9.96. The molecule has 5 aromatic heterocycles. The molecule has 1 aliphatic rings. The Balaban J connectivity index is 1.29. The van der Waals surface area contributed by atoms with Crippen molar-refractivity contribution in [1.82, 2.24) is 40.0 Å². The van der Waals surface area contributed by atoms with Crippen LogP contribution in [0.15, 0.2) is 59.6 Å². The van der Waals surface area contributed by atoms with Gasteiger partial charge in [-0.05, 0) is 38.2 Å². The molecule has 192 valence electrons. The fourth-order valence-electron chi connectivity index (χ4n) is 4.39. The molecule has 1 amide bonds. The van der Waals surface area contributed by atoms with Gasteiger partial charge in [0.2, 0.25) is 5.89 Å². The third kappa shape index (κ3) is 4.30. The molecule has 6 rings (SSSR count). The lowest BCUT2D eigenvalue weighted by molar-refractivity contribution is 0.0946. The summed E-state index contributed by atoms with van der Waals surface area (Å²) in [6.07, 6.45) is 6.63. The number of carbonyl (C=O) groups excluding carboxylic acids is 1. The number of imidazole rings is 1. The van der Waals surface area contributed by atoms with Crippen LogP contribution in [0.3, 0.4) is 0 Å². The number of nitrogens with one attached hydrogen (secondary N) is 2. The third-order valence-corrected chi connectivity index (χ3v) is 6.57. The van der Waals surface area contributed by atoms with Crippen LogP contribution in [-0.2, 0) is 6.54 Å². The lowest BCUT2D eigenvalue weighted by Gasteiger charge is -2.40. The van der Waals surface area contributed by atoms with Gasteiger partial charge in [-0.1, -0.05) is 6.07 Å². The van der Waals surface area contributed by atoms with Crippen molar-refractivity contribution in [3.8, 4) is 22.8 Å². The number of aryl methyl sites for hydroxylation is 1. The molecular formula is C26H26N10O2. The first-order valence-corrected chi connectivity index (χ1v) is 12.2. The number of carbonyl (C=O) groups is 1. The van der Waals surface area contributed by atoms with Crippen LogP contribution in [0.5, 0.6) is 0 Å². The van der Waals surface area contributed by atoms with Crippen molar-refractivity contribution in [3.05, 3.63) is 72.3 Å². The van der Waals surface area contributed by atoms with Gasteiger partial charge in [-0.2, -0.15) is 0 Å². The number of nitrogens with two attached hydrogens (primary N) is 1. The summed E-state index contributed by atoms with van der Waals surface area (Å²) in [4.78, 5) is 37.8. The number of nitrogens with zero attached hydrogens (tertiary/aromatic N) is 7. The van der Waals surface area contributed by atoms with Crippen molar-refractivity contribution < 1.29 is 9.21 Å². The molecule has 1 saturated heterocycles. The van der Waals surface area contributed by atoms with Crippen molar-refractivity contribution in [1.29, 1.82) is 0 Å². The van der Waals surface area contributed by atoms with Gasteiger partial charge in [-0.15, -0.1) is 0 Å². The number of amides is 1. The summed E-state index contributed by atoms with van der Waals surface area (Å²) in [5.74, 6) is 0.646. The van der Waals surface area contributed by atoms with Crippen LogP contribution < -0.4 is 21.3 Å². The van der Waals surface area contributed by atoms with Gasteiger partial charge in [0.15, 0.2) is 17.2 Å². The molecule has 0 atom stereocenters. The number of anilines is 2. The van der Waals surface area contributed by atoms with Crippen molar-refractivity contribution >= 4 is 23.2 Å². The van der Waals surface area contributed by atoms with Crippen LogP contribution in [0.25, 0.3) is 28.5 Å².